The molecule has 2 aliphatic rings. The minimum atomic E-state index is -3.12. The Morgan fingerprint density at radius 1 is 1.00 bits per heavy atom. The molecule has 0 amide bonds. The van der Waals surface area contributed by atoms with Crippen molar-refractivity contribution in [1.29, 1.82) is 0 Å². The monoisotopic (exact) mass is 565 g/mol. The molecular formula is C31H35NO7S. The van der Waals surface area contributed by atoms with Crippen LogP contribution >= 0.6 is 0 Å². The summed E-state index contributed by atoms with van der Waals surface area (Å²) in [7, 11) is -1.72. The maximum atomic E-state index is 11.7. The first-order valence-electron chi connectivity index (χ1n) is 13.4. The molecule has 1 saturated heterocycles. The van der Waals surface area contributed by atoms with Gasteiger partial charge in [0.1, 0.15) is 23.9 Å². The summed E-state index contributed by atoms with van der Waals surface area (Å²) in [5.74, 6) is 2.22. The predicted molar refractivity (Wildman–Crippen MR) is 152 cm³/mol. The van der Waals surface area contributed by atoms with Crippen LogP contribution in [0.25, 0.3) is 11.1 Å². The van der Waals surface area contributed by atoms with E-state index < -0.39 is 10.0 Å². The van der Waals surface area contributed by atoms with Gasteiger partial charge in [-0.2, -0.15) is 0 Å². The van der Waals surface area contributed by atoms with Crippen LogP contribution in [0.4, 0.5) is 0 Å². The minimum absolute atomic E-state index is 0.0000940. The van der Waals surface area contributed by atoms with E-state index in [1.54, 1.807) is 0 Å². The van der Waals surface area contributed by atoms with Crippen molar-refractivity contribution in [3.63, 3.8) is 0 Å². The second-order valence-electron chi connectivity index (χ2n) is 10.7. The number of carbonyl (C=O) groups excluding carboxylic acids is 1. The molecule has 1 atom stereocenters. The Bertz CT molecular complexity index is 1490. The number of nitrogens with zero attached hydrogens (tertiary/aromatic N) is 1. The Labute approximate surface area is 235 Å². The molecule has 2 heterocycles. The molecule has 40 heavy (non-hydrogen) atoms. The lowest BCUT2D eigenvalue weighted by Crippen LogP contribution is -2.51. The summed E-state index contributed by atoms with van der Waals surface area (Å²) >= 11 is 0. The SMILES string of the molecule is COC(=O)CC1COc2cc(OCc3cccc(-c4c(C)cc(OCC5CN(S(C)(=O)=O)C5)cc4C)c3)ccc21. The average molecular weight is 566 g/mol. The van der Waals surface area contributed by atoms with E-state index >= 15 is 0 Å². The Kier molecular flexibility index (Phi) is 8.05. The van der Waals surface area contributed by atoms with E-state index in [1.807, 2.05) is 42.5 Å². The van der Waals surface area contributed by atoms with Crippen LogP contribution < -0.4 is 14.2 Å². The van der Waals surface area contributed by atoms with Crippen LogP contribution in [0.5, 0.6) is 17.2 Å². The van der Waals surface area contributed by atoms with Gasteiger partial charge in [-0.25, -0.2) is 12.7 Å². The standard InChI is InChI=1S/C31H35NO7S/c1-20-10-27(38-18-23-15-32(16-23)40(4,34)35)11-21(2)31(20)24-7-5-6-22(12-24)17-37-26-8-9-28-25(13-30(33)36-3)19-39-29(28)14-26/h5-12,14,23,25H,13,15-19H2,1-4H3. The van der Waals surface area contributed by atoms with Gasteiger partial charge in [0.2, 0.25) is 10.0 Å². The Hall–Kier alpha value is -3.56. The van der Waals surface area contributed by atoms with E-state index in [0.717, 1.165) is 44.9 Å². The van der Waals surface area contributed by atoms with E-state index in [2.05, 4.69) is 26.0 Å². The fraction of sp³-hybridized carbons (Fsp3) is 0.387. The normalized spacial score (nSPS) is 17.1. The molecule has 2 aliphatic heterocycles. The minimum Gasteiger partial charge on any atom is -0.493 e. The number of carbonyl (C=O) groups is 1. The van der Waals surface area contributed by atoms with Crippen LogP contribution in [-0.4, -0.2) is 58.4 Å². The van der Waals surface area contributed by atoms with Crippen molar-refractivity contribution in [2.75, 3.05) is 39.7 Å². The maximum Gasteiger partial charge on any atom is 0.306 e. The first kappa shape index (κ1) is 28.0. The molecule has 8 nitrogen and oxygen atoms in total. The van der Waals surface area contributed by atoms with E-state index in [1.165, 1.54) is 17.7 Å². The van der Waals surface area contributed by atoms with Crippen molar-refractivity contribution in [2.45, 2.75) is 32.8 Å². The number of benzene rings is 3. The van der Waals surface area contributed by atoms with Crippen LogP contribution in [0.2, 0.25) is 0 Å². The van der Waals surface area contributed by atoms with Crippen LogP contribution in [0.1, 0.15) is 34.6 Å². The van der Waals surface area contributed by atoms with Crippen molar-refractivity contribution in [2.24, 2.45) is 5.92 Å². The number of hydrogen-bond acceptors (Lipinski definition) is 7. The summed E-state index contributed by atoms with van der Waals surface area (Å²) in [6.45, 7) is 6.54. The number of methoxy groups -OCH3 is 1. The van der Waals surface area contributed by atoms with Gasteiger partial charge in [-0.05, 0) is 65.9 Å². The molecule has 0 aromatic heterocycles. The van der Waals surface area contributed by atoms with Gasteiger partial charge in [-0.3, -0.25) is 4.79 Å². The number of rotatable bonds is 10. The fourth-order valence-electron chi connectivity index (χ4n) is 5.36. The van der Waals surface area contributed by atoms with Gasteiger partial charge in [0, 0.05) is 36.6 Å². The van der Waals surface area contributed by atoms with Crippen molar-refractivity contribution >= 4 is 16.0 Å². The zero-order valence-electron chi connectivity index (χ0n) is 23.3. The zero-order chi connectivity index (χ0) is 28.4. The third kappa shape index (κ3) is 6.26. The Morgan fingerprint density at radius 2 is 1.75 bits per heavy atom. The third-order valence-electron chi connectivity index (χ3n) is 7.51. The lowest BCUT2D eigenvalue weighted by Gasteiger charge is -2.36. The average Bonchev–Trinajstić information content (AvgIpc) is 3.27. The van der Waals surface area contributed by atoms with E-state index in [-0.39, 0.29) is 17.8 Å². The molecule has 0 saturated carbocycles. The molecule has 9 heteroatoms. The Balaban J connectivity index is 1.21. The van der Waals surface area contributed by atoms with Gasteiger partial charge >= 0.3 is 5.97 Å². The van der Waals surface area contributed by atoms with E-state index in [4.69, 9.17) is 18.9 Å². The van der Waals surface area contributed by atoms with Crippen LogP contribution in [-0.2, 0) is 26.2 Å². The molecule has 0 N–H and O–H groups in total. The first-order chi connectivity index (χ1) is 19.1. The van der Waals surface area contributed by atoms with Gasteiger partial charge in [0.15, 0.2) is 0 Å². The third-order valence-corrected chi connectivity index (χ3v) is 8.75. The van der Waals surface area contributed by atoms with Gasteiger partial charge in [0.05, 0.1) is 33.0 Å². The number of ether oxygens (including phenoxy) is 4. The number of hydrogen-bond donors (Lipinski definition) is 0. The van der Waals surface area contributed by atoms with Crippen molar-refractivity contribution in [1.82, 2.24) is 4.31 Å². The Morgan fingerprint density at radius 3 is 2.45 bits per heavy atom. The van der Waals surface area contributed by atoms with Gasteiger partial charge in [0.25, 0.3) is 0 Å². The zero-order valence-corrected chi connectivity index (χ0v) is 24.1. The fourth-order valence-corrected chi connectivity index (χ4v) is 6.32. The summed E-state index contributed by atoms with van der Waals surface area (Å²) in [5.41, 5.74) is 6.52. The summed E-state index contributed by atoms with van der Waals surface area (Å²) in [5, 5.41) is 0. The van der Waals surface area contributed by atoms with E-state index in [9.17, 15) is 13.2 Å². The number of aryl methyl sites for hydroxylation is 2. The summed E-state index contributed by atoms with van der Waals surface area (Å²) < 4.78 is 47.3. The van der Waals surface area contributed by atoms with Crippen molar-refractivity contribution in [3.8, 4) is 28.4 Å². The van der Waals surface area contributed by atoms with Crippen molar-refractivity contribution < 1.29 is 32.2 Å². The molecular weight excluding hydrogens is 530 g/mol. The molecule has 0 radical (unpaired) electrons. The second kappa shape index (κ2) is 11.5. The summed E-state index contributed by atoms with van der Waals surface area (Å²) in [6, 6.07) is 18.1. The van der Waals surface area contributed by atoms with Crippen LogP contribution in [0.3, 0.4) is 0 Å². The molecule has 1 unspecified atom stereocenters. The van der Waals surface area contributed by atoms with Crippen molar-refractivity contribution in [3.05, 3.63) is 76.9 Å². The molecule has 3 aromatic rings. The smallest absolute Gasteiger partial charge is 0.306 e. The second-order valence-corrected chi connectivity index (χ2v) is 12.6. The van der Waals surface area contributed by atoms with Gasteiger partial charge in [-0.15, -0.1) is 0 Å². The summed E-state index contributed by atoms with van der Waals surface area (Å²) in [4.78, 5) is 11.7. The highest BCUT2D eigenvalue weighted by Gasteiger charge is 2.33. The molecule has 3 aromatic carbocycles. The quantitative estimate of drug-likeness (QED) is 0.324. The molecule has 0 aliphatic carbocycles. The lowest BCUT2D eigenvalue weighted by atomic mass is 9.94. The lowest BCUT2D eigenvalue weighted by molar-refractivity contribution is -0.141. The molecule has 212 valence electrons. The molecule has 1 fully saturated rings. The largest absolute Gasteiger partial charge is 0.493 e. The highest BCUT2D eigenvalue weighted by atomic mass is 32.2. The van der Waals surface area contributed by atoms with Crippen LogP contribution in [0, 0.1) is 19.8 Å². The number of sulfonamides is 1. The van der Waals surface area contributed by atoms with E-state index in [0.29, 0.717) is 45.1 Å². The van der Waals surface area contributed by atoms with Crippen LogP contribution in [0.15, 0.2) is 54.6 Å². The topological polar surface area (TPSA) is 91.4 Å². The molecule has 5 rings (SSSR count). The molecule has 0 spiro atoms. The molecule has 0 bridgehead atoms. The van der Waals surface area contributed by atoms with Gasteiger partial charge in [-0.1, -0.05) is 24.3 Å². The first-order valence-corrected chi connectivity index (χ1v) is 15.2. The highest BCUT2D eigenvalue weighted by molar-refractivity contribution is 7.88. The maximum absolute atomic E-state index is 11.7. The number of fused-ring (bicyclic) bond motifs is 1. The summed E-state index contributed by atoms with van der Waals surface area (Å²) in [6.07, 6.45) is 1.54. The number of esters is 1. The predicted octanol–water partition coefficient (Wildman–Crippen LogP) is 4.86. The highest BCUT2D eigenvalue weighted by Crippen LogP contribution is 2.39. The van der Waals surface area contributed by atoms with Gasteiger partial charge < -0.3 is 18.9 Å².